The number of benzene rings is 3. The van der Waals surface area contributed by atoms with Crippen molar-refractivity contribution in [3.63, 3.8) is 0 Å². The highest BCUT2D eigenvalue weighted by Gasteiger charge is 2.19. The molecule has 5 heteroatoms. The Labute approximate surface area is 188 Å². The monoisotopic (exact) mass is 425 g/mol. The number of fused-ring (bicyclic) bond motifs is 1. The van der Waals surface area contributed by atoms with E-state index >= 15 is 0 Å². The number of carbonyl (C=O) groups is 1. The third kappa shape index (κ3) is 4.11. The van der Waals surface area contributed by atoms with E-state index in [9.17, 15) is 4.79 Å². The van der Waals surface area contributed by atoms with Crippen LogP contribution in [0.3, 0.4) is 0 Å². The van der Waals surface area contributed by atoms with Crippen LogP contribution >= 0.6 is 0 Å². The molecule has 3 aromatic carbocycles. The van der Waals surface area contributed by atoms with Gasteiger partial charge in [-0.3, -0.25) is 9.36 Å². The van der Waals surface area contributed by atoms with E-state index in [1.165, 1.54) is 6.42 Å². The molecule has 1 aliphatic heterocycles. The van der Waals surface area contributed by atoms with Gasteiger partial charge in [-0.05, 0) is 74.2 Å². The van der Waals surface area contributed by atoms with E-state index < -0.39 is 0 Å². The Hall–Kier alpha value is -3.60. The molecular weight excluding hydrogens is 398 g/mol. The Morgan fingerprint density at radius 3 is 2.44 bits per heavy atom. The first-order valence-corrected chi connectivity index (χ1v) is 11.2. The van der Waals surface area contributed by atoms with Crippen LogP contribution in [0, 0.1) is 6.92 Å². The van der Waals surface area contributed by atoms with Crippen LogP contribution in [0.25, 0.3) is 16.7 Å². The molecule has 0 atom stereocenters. The third-order valence-electron chi connectivity index (χ3n) is 6.06. The van der Waals surface area contributed by atoms with Gasteiger partial charge in [0.2, 0.25) is 0 Å². The SMILES string of the molecule is Cc1nc2cc(C(=O)N3CCCCC3)ccc2n1-c1ccc(OCc2ccccc2)cc1. The first-order valence-electron chi connectivity index (χ1n) is 11.2. The number of piperidine rings is 1. The summed E-state index contributed by atoms with van der Waals surface area (Å²) in [5.41, 5.74) is 4.72. The van der Waals surface area contributed by atoms with Gasteiger partial charge >= 0.3 is 0 Å². The molecule has 0 spiro atoms. The summed E-state index contributed by atoms with van der Waals surface area (Å²) in [7, 11) is 0. The number of aryl methyl sites for hydroxylation is 1. The predicted molar refractivity (Wildman–Crippen MR) is 126 cm³/mol. The Balaban J connectivity index is 1.36. The Kier molecular flexibility index (Phi) is 5.63. The highest BCUT2D eigenvalue weighted by atomic mass is 16.5. The molecule has 1 amide bonds. The lowest BCUT2D eigenvalue weighted by molar-refractivity contribution is 0.0724. The largest absolute Gasteiger partial charge is 0.489 e. The maximum absolute atomic E-state index is 12.9. The molecule has 32 heavy (non-hydrogen) atoms. The molecule has 0 saturated carbocycles. The first kappa shape index (κ1) is 20.3. The van der Waals surface area contributed by atoms with Gasteiger partial charge in [-0.25, -0.2) is 4.98 Å². The summed E-state index contributed by atoms with van der Waals surface area (Å²) in [6.45, 7) is 4.24. The first-order chi connectivity index (χ1) is 15.7. The summed E-state index contributed by atoms with van der Waals surface area (Å²) in [6, 6.07) is 24.0. The number of imidazole rings is 1. The number of amides is 1. The van der Waals surface area contributed by atoms with Crippen molar-refractivity contribution >= 4 is 16.9 Å². The van der Waals surface area contributed by atoms with Crippen LogP contribution < -0.4 is 4.74 Å². The molecule has 0 radical (unpaired) electrons. The summed E-state index contributed by atoms with van der Waals surface area (Å²) in [6.07, 6.45) is 3.39. The standard InChI is InChI=1S/C27H27N3O2/c1-20-28-25-18-22(27(31)29-16-6-3-7-17-29)10-15-26(25)30(20)23-11-13-24(14-12-23)32-19-21-8-4-2-5-9-21/h2,4-5,8-15,18H,3,6-7,16-17,19H2,1H3. The minimum Gasteiger partial charge on any atom is -0.489 e. The Morgan fingerprint density at radius 2 is 1.69 bits per heavy atom. The fraction of sp³-hybridized carbons (Fsp3) is 0.259. The zero-order valence-electron chi connectivity index (χ0n) is 18.3. The summed E-state index contributed by atoms with van der Waals surface area (Å²) < 4.78 is 8.03. The lowest BCUT2D eigenvalue weighted by Gasteiger charge is -2.26. The van der Waals surface area contributed by atoms with Crippen molar-refractivity contribution in [2.45, 2.75) is 32.8 Å². The van der Waals surface area contributed by atoms with Crippen molar-refractivity contribution in [1.29, 1.82) is 0 Å². The molecule has 5 nitrogen and oxygen atoms in total. The summed E-state index contributed by atoms with van der Waals surface area (Å²) in [4.78, 5) is 19.6. The fourth-order valence-electron chi connectivity index (χ4n) is 4.37. The van der Waals surface area contributed by atoms with E-state index in [2.05, 4.69) is 16.7 Å². The molecule has 5 rings (SSSR count). The number of rotatable bonds is 5. The molecule has 0 N–H and O–H groups in total. The van der Waals surface area contributed by atoms with Crippen LogP contribution in [0.5, 0.6) is 5.75 Å². The number of nitrogens with zero attached hydrogens (tertiary/aromatic N) is 3. The average molecular weight is 426 g/mol. The smallest absolute Gasteiger partial charge is 0.253 e. The zero-order chi connectivity index (χ0) is 21.9. The van der Waals surface area contributed by atoms with Crippen LogP contribution in [0.1, 0.15) is 41.0 Å². The van der Waals surface area contributed by atoms with Crippen molar-refractivity contribution in [2.75, 3.05) is 13.1 Å². The maximum Gasteiger partial charge on any atom is 0.253 e. The van der Waals surface area contributed by atoms with Gasteiger partial charge < -0.3 is 9.64 Å². The van der Waals surface area contributed by atoms with Gasteiger partial charge in [0.05, 0.1) is 11.0 Å². The van der Waals surface area contributed by atoms with Gasteiger partial charge in [0.1, 0.15) is 18.2 Å². The molecule has 0 aliphatic carbocycles. The summed E-state index contributed by atoms with van der Waals surface area (Å²) in [5, 5.41) is 0. The number of likely N-dealkylation sites (tertiary alicyclic amines) is 1. The topological polar surface area (TPSA) is 47.4 Å². The van der Waals surface area contributed by atoms with E-state index in [0.29, 0.717) is 12.2 Å². The van der Waals surface area contributed by atoms with Gasteiger partial charge in [0, 0.05) is 24.3 Å². The highest BCUT2D eigenvalue weighted by molar-refractivity contribution is 5.97. The van der Waals surface area contributed by atoms with Crippen LogP contribution in [-0.2, 0) is 6.61 Å². The summed E-state index contributed by atoms with van der Waals surface area (Å²) in [5.74, 6) is 1.83. The quantitative estimate of drug-likeness (QED) is 0.422. The highest BCUT2D eigenvalue weighted by Crippen LogP contribution is 2.25. The van der Waals surface area contributed by atoms with E-state index in [4.69, 9.17) is 9.72 Å². The van der Waals surface area contributed by atoms with Crippen molar-refractivity contribution in [2.24, 2.45) is 0 Å². The Morgan fingerprint density at radius 1 is 0.938 bits per heavy atom. The number of hydrogen-bond donors (Lipinski definition) is 0. The van der Waals surface area contributed by atoms with Gasteiger partial charge in [0.15, 0.2) is 0 Å². The second-order valence-electron chi connectivity index (χ2n) is 8.32. The molecule has 1 aliphatic rings. The second kappa shape index (κ2) is 8.87. The minimum absolute atomic E-state index is 0.110. The van der Waals surface area contributed by atoms with Gasteiger partial charge in [0.25, 0.3) is 5.91 Å². The van der Waals surface area contributed by atoms with E-state index in [1.54, 1.807) is 0 Å². The molecule has 162 valence electrons. The third-order valence-corrected chi connectivity index (χ3v) is 6.06. The molecule has 1 fully saturated rings. The lowest BCUT2D eigenvalue weighted by atomic mass is 10.1. The van der Waals surface area contributed by atoms with Crippen LogP contribution in [-0.4, -0.2) is 33.4 Å². The van der Waals surface area contributed by atoms with E-state index in [-0.39, 0.29) is 5.91 Å². The molecule has 0 unspecified atom stereocenters. The summed E-state index contributed by atoms with van der Waals surface area (Å²) >= 11 is 0. The molecule has 1 aromatic heterocycles. The molecule has 4 aromatic rings. The number of aromatic nitrogens is 2. The molecular formula is C27H27N3O2. The maximum atomic E-state index is 12.9. The predicted octanol–water partition coefficient (Wildman–Crippen LogP) is 5.54. The second-order valence-corrected chi connectivity index (χ2v) is 8.32. The van der Waals surface area contributed by atoms with E-state index in [1.807, 2.05) is 72.5 Å². The van der Waals surface area contributed by atoms with Gasteiger partial charge in [-0.15, -0.1) is 0 Å². The number of ether oxygens (including phenoxy) is 1. The van der Waals surface area contributed by atoms with Gasteiger partial charge in [-0.1, -0.05) is 30.3 Å². The number of hydrogen-bond acceptors (Lipinski definition) is 3. The van der Waals surface area contributed by atoms with Crippen molar-refractivity contribution in [3.05, 3.63) is 89.7 Å². The van der Waals surface area contributed by atoms with Crippen molar-refractivity contribution in [3.8, 4) is 11.4 Å². The fourth-order valence-corrected chi connectivity index (χ4v) is 4.37. The van der Waals surface area contributed by atoms with Crippen LogP contribution in [0.2, 0.25) is 0 Å². The van der Waals surface area contributed by atoms with E-state index in [0.717, 1.165) is 59.8 Å². The van der Waals surface area contributed by atoms with Crippen molar-refractivity contribution in [1.82, 2.24) is 14.5 Å². The lowest BCUT2D eigenvalue weighted by Crippen LogP contribution is -2.35. The minimum atomic E-state index is 0.110. The Bertz CT molecular complexity index is 1220. The molecule has 1 saturated heterocycles. The molecule has 0 bridgehead atoms. The van der Waals surface area contributed by atoms with Gasteiger partial charge in [-0.2, -0.15) is 0 Å². The number of carbonyl (C=O) groups excluding carboxylic acids is 1. The normalized spacial score (nSPS) is 14.0. The van der Waals surface area contributed by atoms with Crippen LogP contribution in [0.15, 0.2) is 72.8 Å². The molecule has 2 heterocycles. The average Bonchev–Trinajstić information content (AvgIpc) is 3.18. The van der Waals surface area contributed by atoms with Crippen molar-refractivity contribution < 1.29 is 9.53 Å². The van der Waals surface area contributed by atoms with Crippen LogP contribution in [0.4, 0.5) is 0 Å². The zero-order valence-corrected chi connectivity index (χ0v) is 18.3.